The summed E-state index contributed by atoms with van der Waals surface area (Å²) in [6, 6.07) is 19.7. The number of hydrogen-bond acceptors (Lipinski definition) is 3. The van der Waals surface area contributed by atoms with Crippen molar-refractivity contribution < 1.29 is 10.1 Å². The Morgan fingerprint density at radius 2 is 1.52 bits per heavy atom. The zero-order valence-electron chi connectivity index (χ0n) is 12.3. The van der Waals surface area contributed by atoms with Crippen LogP contribution < -0.4 is 0 Å². The summed E-state index contributed by atoms with van der Waals surface area (Å²) in [7, 11) is 0. The first-order valence-electron chi connectivity index (χ1n) is 7.11. The summed E-state index contributed by atoms with van der Waals surface area (Å²) >= 11 is 0. The molecule has 1 atom stereocenters. The quantitative estimate of drug-likeness (QED) is 0.681. The molecule has 0 radical (unpaired) electrons. The second-order valence-electron chi connectivity index (χ2n) is 6.10. The normalized spacial score (nSPS) is 23.9. The molecule has 1 aliphatic rings. The maximum atomic E-state index is 9.75. The molecule has 3 nitrogen and oxygen atoms in total. The van der Waals surface area contributed by atoms with Gasteiger partial charge in [0, 0.05) is 6.42 Å². The van der Waals surface area contributed by atoms with Crippen LogP contribution in [0.2, 0.25) is 0 Å². The summed E-state index contributed by atoms with van der Waals surface area (Å²) in [5.74, 6) is 0. The predicted molar refractivity (Wildman–Crippen MR) is 83.5 cm³/mol. The standard InChI is InChI=1S/C18H19NO2/c1-17(2)13-18(21-20,15-11-7-4-8-12-15)16(19-17)14-9-5-3-6-10-14/h3-12,20H,13H2,1-2H3. The van der Waals surface area contributed by atoms with Gasteiger partial charge in [0.1, 0.15) is 0 Å². The van der Waals surface area contributed by atoms with Crippen molar-refractivity contribution in [1.29, 1.82) is 0 Å². The number of benzene rings is 2. The molecule has 0 aromatic heterocycles. The molecule has 0 bridgehead atoms. The molecule has 3 rings (SSSR count). The van der Waals surface area contributed by atoms with Crippen molar-refractivity contribution in [3.05, 3.63) is 71.8 Å². The van der Waals surface area contributed by atoms with Crippen molar-refractivity contribution in [2.75, 3.05) is 0 Å². The molecule has 0 aliphatic carbocycles. The van der Waals surface area contributed by atoms with Crippen LogP contribution in [0.15, 0.2) is 65.7 Å². The third-order valence-electron chi connectivity index (χ3n) is 3.92. The van der Waals surface area contributed by atoms with Crippen LogP contribution in [0, 0.1) is 0 Å². The van der Waals surface area contributed by atoms with Crippen LogP contribution in [-0.2, 0) is 10.5 Å². The summed E-state index contributed by atoms with van der Waals surface area (Å²) < 4.78 is 0. The van der Waals surface area contributed by atoms with Crippen LogP contribution in [0.4, 0.5) is 0 Å². The fraction of sp³-hybridized carbons (Fsp3) is 0.278. The Bertz CT molecular complexity index is 649. The molecule has 0 saturated heterocycles. The summed E-state index contributed by atoms with van der Waals surface area (Å²) in [4.78, 5) is 9.88. The molecule has 2 aromatic carbocycles. The van der Waals surface area contributed by atoms with Gasteiger partial charge in [-0.1, -0.05) is 60.7 Å². The summed E-state index contributed by atoms with van der Waals surface area (Å²) in [6.07, 6.45) is 0.602. The second kappa shape index (κ2) is 5.10. The van der Waals surface area contributed by atoms with E-state index in [1.807, 2.05) is 60.7 Å². The van der Waals surface area contributed by atoms with Crippen molar-refractivity contribution in [2.45, 2.75) is 31.4 Å². The first-order chi connectivity index (χ1) is 10.1. The Morgan fingerprint density at radius 1 is 0.952 bits per heavy atom. The minimum Gasteiger partial charge on any atom is -0.279 e. The summed E-state index contributed by atoms with van der Waals surface area (Å²) in [6.45, 7) is 4.11. The topological polar surface area (TPSA) is 41.8 Å². The van der Waals surface area contributed by atoms with Crippen LogP contribution in [0.1, 0.15) is 31.4 Å². The van der Waals surface area contributed by atoms with Gasteiger partial charge in [0.05, 0.1) is 11.3 Å². The average molecular weight is 281 g/mol. The second-order valence-corrected chi connectivity index (χ2v) is 6.10. The summed E-state index contributed by atoms with van der Waals surface area (Å²) in [5, 5.41) is 9.75. The third-order valence-corrected chi connectivity index (χ3v) is 3.92. The van der Waals surface area contributed by atoms with E-state index in [2.05, 4.69) is 13.8 Å². The molecule has 1 aliphatic heterocycles. The van der Waals surface area contributed by atoms with Gasteiger partial charge >= 0.3 is 0 Å². The van der Waals surface area contributed by atoms with E-state index < -0.39 is 5.60 Å². The lowest BCUT2D eigenvalue weighted by molar-refractivity contribution is -0.306. The smallest absolute Gasteiger partial charge is 0.172 e. The number of aliphatic imine (C=N–C) groups is 1. The van der Waals surface area contributed by atoms with E-state index in [1.54, 1.807) is 0 Å². The highest BCUT2D eigenvalue weighted by molar-refractivity contribution is 6.08. The molecule has 2 aromatic rings. The molecule has 0 amide bonds. The van der Waals surface area contributed by atoms with Crippen LogP contribution in [0.3, 0.4) is 0 Å². The van der Waals surface area contributed by atoms with Gasteiger partial charge in [-0.25, -0.2) is 4.89 Å². The van der Waals surface area contributed by atoms with Gasteiger partial charge < -0.3 is 0 Å². The Hall–Kier alpha value is -1.97. The molecule has 1 heterocycles. The first kappa shape index (κ1) is 14.0. The number of nitrogens with zero attached hydrogens (tertiary/aromatic N) is 1. The van der Waals surface area contributed by atoms with Crippen LogP contribution in [0.5, 0.6) is 0 Å². The zero-order chi connectivity index (χ0) is 14.9. The Labute approximate surface area is 124 Å². The number of hydrogen-bond donors (Lipinski definition) is 1. The molecule has 1 unspecified atom stereocenters. The van der Waals surface area contributed by atoms with E-state index in [0.717, 1.165) is 16.8 Å². The van der Waals surface area contributed by atoms with Crippen molar-refractivity contribution in [3.63, 3.8) is 0 Å². The van der Waals surface area contributed by atoms with Gasteiger partial charge in [-0.3, -0.25) is 10.2 Å². The highest BCUT2D eigenvalue weighted by Gasteiger charge is 2.50. The third kappa shape index (κ3) is 2.39. The van der Waals surface area contributed by atoms with E-state index in [1.165, 1.54) is 0 Å². The van der Waals surface area contributed by atoms with E-state index in [9.17, 15) is 5.26 Å². The van der Waals surface area contributed by atoms with Gasteiger partial charge in [-0.2, -0.15) is 0 Å². The van der Waals surface area contributed by atoms with E-state index >= 15 is 0 Å². The zero-order valence-corrected chi connectivity index (χ0v) is 12.3. The lowest BCUT2D eigenvalue weighted by atomic mass is 9.81. The fourth-order valence-electron chi connectivity index (χ4n) is 3.09. The van der Waals surface area contributed by atoms with E-state index in [4.69, 9.17) is 9.88 Å². The fourth-order valence-corrected chi connectivity index (χ4v) is 3.09. The maximum absolute atomic E-state index is 9.75. The van der Waals surface area contributed by atoms with Gasteiger partial charge in [0.15, 0.2) is 5.60 Å². The SMILES string of the molecule is CC1(C)CC(OO)(c2ccccc2)C(c2ccccc2)=N1. The van der Waals surface area contributed by atoms with Gasteiger partial charge in [0.25, 0.3) is 0 Å². The molecule has 1 N–H and O–H groups in total. The Morgan fingerprint density at radius 3 is 2.10 bits per heavy atom. The van der Waals surface area contributed by atoms with Gasteiger partial charge in [-0.15, -0.1) is 0 Å². The first-order valence-corrected chi connectivity index (χ1v) is 7.11. The minimum atomic E-state index is -0.911. The molecular formula is C18H19NO2. The maximum Gasteiger partial charge on any atom is 0.172 e. The molecule has 0 saturated carbocycles. The monoisotopic (exact) mass is 281 g/mol. The molecule has 21 heavy (non-hydrogen) atoms. The lowest BCUT2D eigenvalue weighted by Gasteiger charge is -2.29. The summed E-state index contributed by atoms with van der Waals surface area (Å²) in [5.41, 5.74) is 1.47. The van der Waals surface area contributed by atoms with Crippen LogP contribution in [-0.4, -0.2) is 16.5 Å². The molecule has 0 fully saturated rings. The highest BCUT2D eigenvalue weighted by atomic mass is 17.1. The Balaban J connectivity index is 2.18. The largest absolute Gasteiger partial charge is 0.279 e. The van der Waals surface area contributed by atoms with Crippen molar-refractivity contribution >= 4 is 5.71 Å². The number of rotatable bonds is 3. The van der Waals surface area contributed by atoms with Gasteiger partial charge in [0.2, 0.25) is 0 Å². The van der Waals surface area contributed by atoms with Crippen LogP contribution in [0.25, 0.3) is 0 Å². The van der Waals surface area contributed by atoms with E-state index in [0.29, 0.717) is 6.42 Å². The Kier molecular flexibility index (Phi) is 3.40. The lowest BCUT2D eigenvalue weighted by Crippen LogP contribution is -2.37. The molecule has 108 valence electrons. The van der Waals surface area contributed by atoms with E-state index in [-0.39, 0.29) is 5.54 Å². The molecular weight excluding hydrogens is 262 g/mol. The van der Waals surface area contributed by atoms with Crippen molar-refractivity contribution in [2.24, 2.45) is 4.99 Å². The highest BCUT2D eigenvalue weighted by Crippen LogP contribution is 2.44. The average Bonchev–Trinajstić information content (AvgIpc) is 2.81. The molecule has 0 spiro atoms. The minimum absolute atomic E-state index is 0.288. The van der Waals surface area contributed by atoms with Crippen molar-refractivity contribution in [3.8, 4) is 0 Å². The van der Waals surface area contributed by atoms with Crippen LogP contribution >= 0.6 is 0 Å². The van der Waals surface area contributed by atoms with Gasteiger partial charge in [-0.05, 0) is 25.0 Å². The molecule has 3 heteroatoms. The predicted octanol–water partition coefficient (Wildman–Crippen LogP) is 4.04. The van der Waals surface area contributed by atoms with Crippen molar-refractivity contribution in [1.82, 2.24) is 0 Å².